The van der Waals surface area contributed by atoms with Gasteiger partial charge in [-0.3, -0.25) is 0 Å². The summed E-state index contributed by atoms with van der Waals surface area (Å²) >= 11 is 0. The molecular weight excluding hydrogens is 1690 g/mol. The second-order valence-corrected chi connectivity index (χ2v) is 52.8. The van der Waals surface area contributed by atoms with Crippen LogP contribution in [0.1, 0.15) is 488 Å². The Morgan fingerprint density at radius 3 is 0.436 bits per heavy atom. The van der Waals surface area contributed by atoms with Crippen LogP contribution in [0.15, 0.2) is 170 Å². The van der Waals surface area contributed by atoms with Crippen molar-refractivity contribution in [3.05, 3.63) is 270 Å². The van der Waals surface area contributed by atoms with E-state index in [1.165, 1.54) is 44.5 Å². The molecule has 0 aliphatic heterocycles. The molecule has 9 aliphatic carbocycles. The molecule has 0 atom stereocenters. The van der Waals surface area contributed by atoms with Gasteiger partial charge in [0.25, 0.3) is 0 Å². The van der Waals surface area contributed by atoms with Crippen molar-refractivity contribution in [3.8, 4) is 44.5 Å². The first-order valence-corrected chi connectivity index (χ1v) is 56.6. The highest BCUT2D eigenvalue weighted by Gasteiger charge is 2.60. The third kappa shape index (κ3) is 14.3. The van der Waals surface area contributed by atoms with Gasteiger partial charge in [0.15, 0.2) is 0 Å². The fourth-order valence-electron chi connectivity index (χ4n) is 35.3. The number of nitrogens with zero attached hydrogens (tertiary/aromatic N) is 2. The quantitative estimate of drug-likeness (QED) is 0.0490. The number of anilines is 6. The molecule has 0 N–H and O–H groups in total. The van der Waals surface area contributed by atoms with Gasteiger partial charge >= 0.3 is 0 Å². The van der Waals surface area contributed by atoms with Crippen LogP contribution in [0.4, 0.5) is 34.1 Å². The van der Waals surface area contributed by atoms with Crippen LogP contribution in [0.3, 0.4) is 0 Å². The molecule has 0 unspecified atom stereocenters. The number of hydrogen-bond acceptors (Lipinski definition) is 4. The highest BCUT2D eigenvalue weighted by Crippen LogP contribution is 2.71. The van der Waals surface area contributed by atoms with Crippen molar-refractivity contribution in [2.24, 2.45) is 0 Å². The maximum atomic E-state index is 15.6. The van der Waals surface area contributed by atoms with E-state index in [-0.39, 0.29) is 86.6 Å². The highest BCUT2D eigenvalue weighted by molar-refractivity contribution is 5.90. The summed E-state index contributed by atoms with van der Waals surface area (Å²) in [4.78, 5) is 4.91. The topological polar surface area (TPSA) is 52.6 Å². The summed E-state index contributed by atoms with van der Waals surface area (Å²) in [7, 11) is 0. The summed E-state index contributed by atoms with van der Waals surface area (Å²) in [6.45, 7) is 79.9. The molecule has 0 radical (unpaired) electrons. The van der Waals surface area contributed by atoms with Gasteiger partial charge in [0.1, 0.15) is 0 Å². The van der Waals surface area contributed by atoms with Crippen molar-refractivity contribution in [1.29, 1.82) is 0 Å². The zero-order valence-corrected chi connectivity index (χ0v) is 93.2. The van der Waals surface area contributed by atoms with Crippen molar-refractivity contribution in [3.63, 3.8) is 0 Å². The van der Waals surface area contributed by atoms with E-state index < -0.39 is 24.0 Å². The normalized spacial score (nSPS) is 23.5. The lowest BCUT2D eigenvalue weighted by molar-refractivity contribution is -0.536. The van der Waals surface area contributed by atoms with E-state index in [4.69, 9.17) is 0 Å². The molecule has 0 bridgehead atoms. The van der Waals surface area contributed by atoms with E-state index in [0.717, 1.165) is 199 Å². The van der Waals surface area contributed by atoms with Crippen molar-refractivity contribution >= 4 is 34.1 Å². The summed E-state index contributed by atoms with van der Waals surface area (Å²) in [5.41, 5.74) is 45.4. The Kier molecular flexibility index (Phi) is 24.5. The van der Waals surface area contributed by atoms with Crippen LogP contribution < -0.4 is 20.0 Å². The van der Waals surface area contributed by atoms with Crippen molar-refractivity contribution in [2.45, 2.75) is 486 Å². The minimum absolute atomic E-state index is 0.0144. The van der Waals surface area contributed by atoms with Crippen LogP contribution in [0, 0.1) is 0 Å². The molecule has 4 heteroatoms. The van der Waals surface area contributed by atoms with Gasteiger partial charge in [0.2, 0.25) is 0 Å². The van der Waals surface area contributed by atoms with Crippen LogP contribution in [0.25, 0.3) is 44.5 Å². The Morgan fingerprint density at radius 1 is 0.193 bits per heavy atom. The summed E-state index contributed by atoms with van der Waals surface area (Å²) in [5, 5.41) is 31.2. The van der Waals surface area contributed by atoms with Gasteiger partial charge in [-0.25, -0.2) is 0 Å². The molecular formula is C136H176N2O2-2. The Balaban J connectivity index is 0.708. The maximum absolute atomic E-state index is 15.6. The van der Waals surface area contributed by atoms with Gasteiger partial charge in [0.05, 0.1) is 0 Å². The predicted molar refractivity (Wildman–Crippen MR) is 596 cm³/mol. The molecule has 0 amide bonds. The lowest BCUT2D eigenvalue weighted by Gasteiger charge is -2.61. The second kappa shape index (κ2) is 34.2. The monoisotopic (exact) mass is 1870 g/mol. The standard InChI is InChI=1S/C136H176N2O2/c1-33-129(34-2)77-121(17,18)111-97(129)73-98-112(122(19,20)78-130(98,35-3)36-4)105(111)85-49-61-91(62-50-85)137(92-63-51-86(52-64-92)106-113-99(131(37-5,38-6)79-123(113,21)22)74-100-114(106)124(23,24)80-132(100,39-7)40-8)95-69-57-89(58-70-95)109-119(139)110(120(109)140)90-59-71-96(72-60-90)138(93-65-53-87(54-66-93)107-115-101(133(41-9,42-10)81-125(115,25)26)75-102-116(107)126(27,28)82-134(102,43-11)44-12)94-67-55-88(56-68-94)108-117-103(135(45-13,46-14)83-127(117,29)30)76-104-118(108)128(31,32)84-136(104,47-15)48-16/h49-76,109-110,119-120H,33-48,77-84H2,1-32H3/q-2. The number of fused-ring (bicyclic) bond motifs is 8. The Labute approximate surface area is 849 Å². The molecule has 1 fully saturated rings. The molecule has 4 nitrogen and oxygen atoms in total. The first kappa shape index (κ1) is 100. The first-order chi connectivity index (χ1) is 66.1. The molecule has 744 valence electrons. The molecule has 9 aliphatic rings. The molecule has 140 heavy (non-hydrogen) atoms. The molecule has 10 aromatic carbocycles. The predicted octanol–water partition coefficient (Wildman–Crippen LogP) is 36.5. The van der Waals surface area contributed by atoms with Crippen LogP contribution in [-0.4, -0.2) is 12.2 Å². The van der Waals surface area contributed by atoms with E-state index >= 15 is 10.2 Å². The van der Waals surface area contributed by atoms with Gasteiger partial charge in [-0.15, -0.1) is 12.2 Å². The smallest absolute Gasteiger partial charge is 0.0462 e. The second-order valence-electron chi connectivity index (χ2n) is 52.8. The first-order valence-electron chi connectivity index (χ1n) is 56.6. The third-order valence-electron chi connectivity index (χ3n) is 42.5. The zero-order valence-electron chi connectivity index (χ0n) is 93.2. The average Bonchev–Trinajstić information content (AvgIpc) is 1.53. The molecule has 1 saturated carbocycles. The van der Waals surface area contributed by atoms with Gasteiger partial charge < -0.3 is 20.0 Å². The third-order valence-corrected chi connectivity index (χ3v) is 42.5. The molecule has 0 heterocycles. The number of benzene rings is 10. The molecule has 19 rings (SSSR count). The van der Waals surface area contributed by atoms with E-state index in [1.807, 2.05) is 0 Å². The SMILES string of the molecule is CCC1(CC)CC(C)(C)c2c1cc1c(c2-c2ccc(N(c3ccc(-c4c5c(cc6c4C(C)(C)CC6(CC)CC)C(CC)(CC)CC5(C)C)cc3)c3ccc(C4C([O-])C(c5ccc(N(c6ccc(-c7c8c(cc9c7C(C)(C)CC9(CC)CC)C(CC)(CC)CC8(C)C)cc6)c6ccc(-c7c8c(cc9c7C(C)(C)CC9(CC)CC)C(CC)(CC)CC8(C)C)cc6)cc5)C4[O-])cc3)cc2)C(C)(C)CC1(CC)CC. The Bertz CT molecular complexity index is 5450. The van der Waals surface area contributed by atoms with Gasteiger partial charge in [0, 0.05) is 34.1 Å². The number of rotatable bonds is 28. The van der Waals surface area contributed by atoms with Crippen molar-refractivity contribution in [1.82, 2.24) is 0 Å². The minimum Gasteiger partial charge on any atom is -0.851 e. The summed E-state index contributed by atoms with van der Waals surface area (Å²) in [6.07, 6.45) is 25.2. The van der Waals surface area contributed by atoms with Crippen LogP contribution in [-0.2, 0) is 86.6 Å². The zero-order chi connectivity index (χ0) is 101. The summed E-state index contributed by atoms with van der Waals surface area (Å²) in [5.74, 6) is -1.41. The van der Waals surface area contributed by atoms with Crippen molar-refractivity contribution in [2.75, 3.05) is 9.80 Å². The van der Waals surface area contributed by atoms with Gasteiger partial charge in [-0.1, -0.05) is 319 Å². The molecule has 0 aromatic heterocycles. The van der Waals surface area contributed by atoms with E-state index in [0.29, 0.717) is 0 Å². The fraction of sp³-hybridized carbons (Fsp3) is 0.559. The molecule has 0 saturated heterocycles. The van der Waals surface area contributed by atoms with Crippen LogP contribution >= 0.6 is 0 Å². The van der Waals surface area contributed by atoms with Crippen LogP contribution in [0.2, 0.25) is 0 Å². The molecule has 0 spiro atoms. The average molecular weight is 1870 g/mol. The molecule has 10 aromatic rings. The maximum Gasteiger partial charge on any atom is 0.0462 e. The van der Waals surface area contributed by atoms with E-state index in [2.05, 4.69) is 401 Å². The Morgan fingerprint density at radius 2 is 0.314 bits per heavy atom. The largest absolute Gasteiger partial charge is 0.851 e. The minimum atomic E-state index is -1.13. The van der Waals surface area contributed by atoms with Gasteiger partial charge in [-0.05, 0) is 470 Å². The van der Waals surface area contributed by atoms with E-state index in [1.54, 1.807) is 89.0 Å². The highest BCUT2D eigenvalue weighted by atomic mass is 16.3. The lowest BCUT2D eigenvalue weighted by atomic mass is 9.63. The fourth-order valence-corrected chi connectivity index (χ4v) is 35.3. The number of hydrogen-bond donors (Lipinski definition) is 0. The lowest BCUT2D eigenvalue weighted by Crippen LogP contribution is -2.63. The van der Waals surface area contributed by atoms with Crippen molar-refractivity contribution < 1.29 is 10.2 Å². The van der Waals surface area contributed by atoms with E-state index in [9.17, 15) is 0 Å². The Hall–Kier alpha value is -8.28. The van der Waals surface area contributed by atoms with Crippen LogP contribution in [0.5, 0.6) is 0 Å². The summed E-state index contributed by atoms with van der Waals surface area (Å²) in [6, 6.07) is 67.4. The summed E-state index contributed by atoms with van der Waals surface area (Å²) < 4.78 is 0. The van der Waals surface area contributed by atoms with Gasteiger partial charge in [-0.2, -0.15) is 0 Å².